The zero-order chi connectivity index (χ0) is 45.9. The molecule has 16 heteroatoms. The van der Waals surface area contributed by atoms with Gasteiger partial charge in [-0.1, -0.05) is 24.3 Å². The molecular weight excluding hydrogens is 841 g/mol. The van der Waals surface area contributed by atoms with Gasteiger partial charge in [0.05, 0.1) is 29.7 Å². The maximum Gasteiger partial charge on any atom is 0.259 e. The van der Waals surface area contributed by atoms with Crippen LogP contribution in [0.15, 0.2) is 104 Å². The van der Waals surface area contributed by atoms with E-state index in [1.807, 2.05) is 79.5 Å². The van der Waals surface area contributed by atoms with Gasteiger partial charge in [0, 0.05) is 66.2 Å². The molecule has 0 saturated heterocycles. The minimum atomic E-state index is -0.0318. The van der Waals surface area contributed by atoms with Gasteiger partial charge in [-0.25, -0.2) is 19.9 Å². The first-order chi connectivity index (χ1) is 32.6. The second kappa shape index (κ2) is 17.0. The van der Waals surface area contributed by atoms with Crippen LogP contribution in [0.3, 0.4) is 0 Å². The maximum absolute atomic E-state index is 13.6. The van der Waals surface area contributed by atoms with E-state index in [9.17, 15) is 9.59 Å². The number of hydrogen-bond donors (Lipinski definition) is 0. The van der Waals surface area contributed by atoms with Gasteiger partial charge in [0.1, 0.15) is 35.7 Å². The van der Waals surface area contributed by atoms with Crippen molar-refractivity contribution in [3.63, 3.8) is 0 Å². The van der Waals surface area contributed by atoms with Crippen LogP contribution in [0.2, 0.25) is 0 Å². The lowest BCUT2D eigenvalue weighted by Gasteiger charge is -2.29. The van der Waals surface area contributed by atoms with Crippen LogP contribution in [0.1, 0.15) is 126 Å². The van der Waals surface area contributed by atoms with Crippen LogP contribution in [0.4, 0.5) is 11.6 Å². The fourth-order valence-corrected chi connectivity index (χ4v) is 9.11. The van der Waals surface area contributed by atoms with Crippen LogP contribution in [-0.4, -0.2) is 83.5 Å². The van der Waals surface area contributed by atoms with Crippen molar-refractivity contribution >= 4 is 23.5 Å². The average Bonchev–Trinajstić information content (AvgIpc) is 4.06. The highest BCUT2D eigenvalue weighted by atomic mass is 16.2. The molecule has 12 rings (SSSR count). The Hall–Kier alpha value is -7.62. The highest BCUT2D eigenvalue weighted by Crippen LogP contribution is 2.40. The lowest BCUT2D eigenvalue weighted by Crippen LogP contribution is -2.38. The highest BCUT2D eigenvalue weighted by molar-refractivity contribution is 6.09. The van der Waals surface area contributed by atoms with Crippen molar-refractivity contribution in [3.05, 3.63) is 144 Å². The third-order valence-electron chi connectivity index (χ3n) is 13.2. The summed E-state index contributed by atoms with van der Waals surface area (Å²) in [5.41, 5.74) is 10.4. The number of amides is 2. The van der Waals surface area contributed by atoms with Crippen LogP contribution < -0.4 is 9.80 Å². The van der Waals surface area contributed by atoms with Crippen molar-refractivity contribution < 1.29 is 9.59 Å². The summed E-state index contributed by atoms with van der Waals surface area (Å²) in [6, 6.07) is 22.1. The number of rotatable bonds is 10. The maximum atomic E-state index is 13.6. The number of aromatic nitrogens is 12. The number of carbonyl (C=O) groups is 2. The summed E-state index contributed by atoms with van der Waals surface area (Å²) in [6.45, 7) is 11.6. The standard InChI is InChI=1S/C26H27N7O.C25H25N7O/c1-16(2)33-15-28-30-25(33)21-5-4-6-24(29-21)32-10-9-19-11-17(3)23(12-20(19)26(32)34)31-13-22(27-14-31)18-7-8-18;1-16(2)32-15-27-29-24(32)21-4-3-5-23(28-21)31-11-10-17-8-9-19(12-20(17)25(31)33)30-13-22(26-14-30)18-6-7-18/h4-6,11-16,18H,7-10H2,1-3H3;3-5,8-9,12-16,18H,6-7,10-11H2,1-2H3. The van der Waals surface area contributed by atoms with E-state index in [1.165, 1.54) is 25.7 Å². The summed E-state index contributed by atoms with van der Waals surface area (Å²) in [6.07, 6.45) is 17.8. The van der Waals surface area contributed by atoms with E-state index in [0.29, 0.717) is 59.6 Å². The molecule has 2 amide bonds. The monoisotopic (exact) mass is 892 g/mol. The Labute approximate surface area is 388 Å². The first-order valence-electron chi connectivity index (χ1n) is 23.3. The quantitative estimate of drug-likeness (QED) is 0.130. The van der Waals surface area contributed by atoms with Crippen LogP contribution in [-0.2, 0) is 12.8 Å². The van der Waals surface area contributed by atoms with Crippen molar-refractivity contribution in [3.8, 4) is 34.4 Å². The van der Waals surface area contributed by atoms with Crippen molar-refractivity contribution in [2.45, 2.75) is 97.1 Å². The first kappa shape index (κ1) is 42.0. The van der Waals surface area contributed by atoms with Crippen molar-refractivity contribution in [1.29, 1.82) is 0 Å². The molecule has 0 unspecified atom stereocenters. The fraction of sp³-hybridized carbons (Fsp3) is 0.333. The van der Waals surface area contributed by atoms with Gasteiger partial charge in [0.15, 0.2) is 11.6 Å². The normalized spacial score (nSPS) is 15.8. The molecule has 67 heavy (non-hydrogen) atoms. The minimum absolute atomic E-state index is 0.0278. The lowest BCUT2D eigenvalue weighted by molar-refractivity contribution is 0.0972. The molecule has 8 heterocycles. The number of carbonyl (C=O) groups excluding carboxylic acids is 2. The third kappa shape index (κ3) is 8.10. The summed E-state index contributed by atoms with van der Waals surface area (Å²) in [4.78, 5) is 49.4. The number of fused-ring (bicyclic) bond motifs is 2. The van der Waals surface area contributed by atoms with Gasteiger partial charge in [0.2, 0.25) is 0 Å². The molecule has 6 aromatic heterocycles. The summed E-state index contributed by atoms with van der Waals surface area (Å²) in [7, 11) is 0. The van der Waals surface area contributed by atoms with Crippen LogP contribution in [0.25, 0.3) is 34.4 Å². The molecule has 2 saturated carbocycles. The summed E-state index contributed by atoms with van der Waals surface area (Å²) in [5, 5.41) is 16.6. The molecule has 2 fully saturated rings. The fourth-order valence-electron chi connectivity index (χ4n) is 9.11. The van der Waals surface area contributed by atoms with Gasteiger partial charge in [-0.2, -0.15) is 0 Å². The van der Waals surface area contributed by atoms with Gasteiger partial charge in [-0.3, -0.25) is 19.4 Å². The smallest absolute Gasteiger partial charge is 0.259 e. The predicted octanol–water partition coefficient (Wildman–Crippen LogP) is 8.68. The largest absolute Gasteiger partial charge is 0.310 e. The Kier molecular flexibility index (Phi) is 10.7. The van der Waals surface area contributed by atoms with Crippen LogP contribution in [0, 0.1) is 6.92 Å². The van der Waals surface area contributed by atoms with E-state index in [4.69, 9.17) is 9.97 Å². The topological polar surface area (TPSA) is 163 Å². The first-order valence-corrected chi connectivity index (χ1v) is 23.3. The van der Waals surface area contributed by atoms with E-state index in [-0.39, 0.29) is 23.9 Å². The van der Waals surface area contributed by atoms with E-state index >= 15 is 0 Å². The number of benzene rings is 2. The zero-order valence-corrected chi connectivity index (χ0v) is 38.4. The second-order valence-corrected chi connectivity index (χ2v) is 18.6. The molecule has 0 radical (unpaired) electrons. The minimum Gasteiger partial charge on any atom is -0.310 e. The molecule has 0 atom stereocenters. The number of imidazole rings is 2. The van der Waals surface area contributed by atoms with E-state index < -0.39 is 0 Å². The molecule has 338 valence electrons. The predicted molar refractivity (Wildman–Crippen MR) is 254 cm³/mol. The molecule has 0 N–H and O–H groups in total. The van der Waals surface area contributed by atoms with Crippen molar-refractivity contribution in [2.75, 3.05) is 22.9 Å². The van der Waals surface area contributed by atoms with Gasteiger partial charge in [0.25, 0.3) is 11.8 Å². The molecular formula is C51H52N14O2. The number of anilines is 2. The molecule has 2 aliphatic carbocycles. The molecule has 0 bridgehead atoms. The van der Waals surface area contributed by atoms with Crippen LogP contribution in [0.5, 0.6) is 0 Å². The Morgan fingerprint density at radius 3 is 1.66 bits per heavy atom. The lowest BCUT2D eigenvalue weighted by atomic mass is 9.95. The Morgan fingerprint density at radius 2 is 1.10 bits per heavy atom. The summed E-state index contributed by atoms with van der Waals surface area (Å²) in [5.74, 6) is 3.79. The van der Waals surface area contributed by atoms with Gasteiger partial charge in [-0.05, 0) is 132 Å². The molecule has 4 aliphatic rings. The molecule has 2 aliphatic heterocycles. The SMILES string of the molecule is CC(C)n1cnnc1-c1cccc(N2CCc3ccc(-n4cnc(C5CC5)c4)cc3C2=O)n1.Cc1cc2c(cc1-n1cnc(C3CC3)c1)C(=O)N(c1cccc(-c3nncn3C(C)C)n1)CC2. The Bertz CT molecular complexity index is 3170. The van der Waals surface area contributed by atoms with Gasteiger partial charge >= 0.3 is 0 Å². The number of hydrogen-bond acceptors (Lipinski definition) is 10. The number of pyridine rings is 2. The van der Waals surface area contributed by atoms with E-state index in [2.05, 4.69) is 95.6 Å². The zero-order valence-electron chi connectivity index (χ0n) is 38.4. The molecule has 2 aromatic carbocycles. The van der Waals surface area contributed by atoms with Crippen molar-refractivity contribution in [2.24, 2.45) is 0 Å². The van der Waals surface area contributed by atoms with E-state index in [0.717, 1.165) is 63.4 Å². The number of aryl methyl sites for hydroxylation is 1. The summed E-state index contributed by atoms with van der Waals surface area (Å²) < 4.78 is 8.02. The molecule has 0 spiro atoms. The van der Waals surface area contributed by atoms with Crippen LogP contribution >= 0.6 is 0 Å². The average molecular weight is 893 g/mol. The van der Waals surface area contributed by atoms with Crippen molar-refractivity contribution in [1.82, 2.24) is 58.6 Å². The van der Waals surface area contributed by atoms with E-state index in [1.54, 1.807) is 22.5 Å². The van der Waals surface area contributed by atoms with Gasteiger partial charge in [-0.15, -0.1) is 20.4 Å². The Balaban J connectivity index is 0.000000148. The Morgan fingerprint density at radius 1 is 0.582 bits per heavy atom. The second-order valence-electron chi connectivity index (χ2n) is 18.6. The highest BCUT2D eigenvalue weighted by Gasteiger charge is 2.31. The molecule has 8 aromatic rings. The number of nitrogens with zero attached hydrogens (tertiary/aromatic N) is 14. The molecule has 16 nitrogen and oxygen atoms in total. The summed E-state index contributed by atoms with van der Waals surface area (Å²) >= 11 is 0. The van der Waals surface area contributed by atoms with Gasteiger partial charge < -0.3 is 18.3 Å². The third-order valence-corrected chi connectivity index (χ3v) is 13.2.